The predicted molar refractivity (Wildman–Crippen MR) is 93.6 cm³/mol. The van der Waals surface area contributed by atoms with Crippen molar-refractivity contribution in [2.24, 2.45) is 0 Å². The zero-order chi connectivity index (χ0) is 17.4. The van der Waals surface area contributed by atoms with Crippen molar-refractivity contribution in [1.82, 2.24) is 20.2 Å². The Bertz CT molecular complexity index is 954. The summed E-state index contributed by atoms with van der Waals surface area (Å²) in [6.07, 6.45) is 2.13. The number of nitrogens with one attached hydrogen (secondary N) is 1. The molecule has 3 aromatic rings. The predicted octanol–water partition coefficient (Wildman–Crippen LogP) is 3.83. The largest absolute Gasteiger partial charge is 0.322 e. The first-order valence-corrected chi connectivity index (χ1v) is 8.56. The van der Waals surface area contributed by atoms with E-state index in [1.54, 1.807) is 28.9 Å². The topological polar surface area (TPSA) is 72.7 Å². The van der Waals surface area contributed by atoms with E-state index >= 15 is 0 Å². The molecule has 1 heterocycles. The van der Waals surface area contributed by atoms with Crippen molar-refractivity contribution in [3.63, 3.8) is 0 Å². The lowest BCUT2D eigenvalue weighted by atomic mass is 10.1. The van der Waals surface area contributed by atoms with Crippen molar-refractivity contribution in [3.05, 3.63) is 58.3 Å². The first-order chi connectivity index (χ1) is 12.1. The van der Waals surface area contributed by atoms with Crippen LogP contribution in [0.15, 0.2) is 46.9 Å². The molecule has 0 saturated heterocycles. The van der Waals surface area contributed by atoms with Crippen molar-refractivity contribution < 1.29 is 9.18 Å². The van der Waals surface area contributed by atoms with Crippen LogP contribution in [0.25, 0.3) is 11.4 Å². The third kappa shape index (κ3) is 3.30. The van der Waals surface area contributed by atoms with Crippen LogP contribution in [0.2, 0.25) is 0 Å². The molecule has 1 fully saturated rings. The number of tetrazole rings is 1. The van der Waals surface area contributed by atoms with Gasteiger partial charge in [0.1, 0.15) is 5.82 Å². The summed E-state index contributed by atoms with van der Waals surface area (Å²) in [5, 5.41) is 14.6. The number of nitrogens with zero attached hydrogens (tertiary/aromatic N) is 4. The molecule has 1 amide bonds. The molecule has 1 N–H and O–H groups in total. The van der Waals surface area contributed by atoms with E-state index in [0.717, 1.165) is 18.4 Å². The zero-order valence-electron chi connectivity index (χ0n) is 13.0. The van der Waals surface area contributed by atoms with E-state index in [4.69, 9.17) is 0 Å². The van der Waals surface area contributed by atoms with Crippen LogP contribution >= 0.6 is 15.9 Å². The Hall–Kier alpha value is -2.61. The van der Waals surface area contributed by atoms with Gasteiger partial charge in [-0.1, -0.05) is 28.1 Å². The second-order valence-electron chi connectivity index (χ2n) is 5.84. The standard InChI is InChI=1S/C17H13BrFN5O/c18-11-4-7-15(19)14(9-11)17(25)20-12-3-1-2-10(8-12)16-21-22-23-24(16)13-5-6-13/h1-4,7-9,13H,5-6H2,(H,20,25). The molecule has 126 valence electrons. The average molecular weight is 402 g/mol. The highest BCUT2D eigenvalue weighted by Gasteiger charge is 2.28. The molecule has 8 heteroatoms. The Morgan fingerprint density at radius 1 is 1.24 bits per heavy atom. The summed E-state index contributed by atoms with van der Waals surface area (Å²) in [4.78, 5) is 12.4. The summed E-state index contributed by atoms with van der Waals surface area (Å²) in [7, 11) is 0. The van der Waals surface area contributed by atoms with Crippen LogP contribution in [0, 0.1) is 5.82 Å². The van der Waals surface area contributed by atoms with Crippen LogP contribution in [0.5, 0.6) is 0 Å². The van der Waals surface area contributed by atoms with Gasteiger partial charge in [0.05, 0.1) is 11.6 Å². The maximum Gasteiger partial charge on any atom is 0.258 e. The van der Waals surface area contributed by atoms with Gasteiger partial charge in [0.15, 0.2) is 5.82 Å². The van der Waals surface area contributed by atoms with Crippen LogP contribution in [-0.4, -0.2) is 26.1 Å². The average Bonchev–Trinajstić information content (AvgIpc) is 3.34. The van der Waals surface area contributed by atoms with Gasteiger partial charge < -0.3 is 5.32 Å². The van der Waals surface area contributed by atoms with Gasteiger partial charge in [0, 0.05) is 15.7 Å². The fourth-order valence-corrected chi connectivity index (χ4v) is 2.92. The summed E-state index contributed by atoms with van der Waals surface area (Å²) in [5.41, 5.74) is 1.32. The van der Waals surface area contributed by atoms with E-state index in [0.29, 0.717) is 22.0 Å². The number of hydrogen-bond donors (Lipinski definition) is 1. The molecule has 0 bridgehead atoms. The normalized spacial score (nSPS) is 13.7. The van der Waals surface area contributed by atoms with Gasteiger partial charge in [-0.2, -0.15) is 0 Å². The van der Waals surface area contributed by atoms with Crippen LogP contribution in [0.3, 0.4) is 0 Å². The number of aromatic nitrogens is 4. The molecule has 0 atom stereocenters. The van der Waals surface area contributed by atoms with Gasteiger partial charge in [0.2, 0.25) is 0 Å². The lowest BCUT2D eigenvalue weighted by molar-refractivity contribution is 0.102. The van der Waals surface area contributed by atoms with Gasteiger partial charge in [-0.25, -0.2) is 9.07 Å². The van der Waals surface area contributed by atoms with Crippen molar-refractivity contribution in [1.29, 1.82) is 0 Å². The fourth-order valence-electron chi connectivity index (χ4n) is 2.55. The minimum atomic E-state index is -0.575. The molecular weight excluding hydrogens is 389 g/mol. The number of amides is 1. The van der Waals surface area contributed by atoms with E-state index in [-0.39, 0.29) is 5.56 Å². The first-order valence-electron chi connectivity index (χ1n) is 7.76. The minimum absolute atomic E-state index is 0.0254. The maximum atomic E-state index is 13.9. The van der Waals surface area contributed by atoms with Crippen molar-refractivity contribution in [2.75, 3.05) is 5.32 Å². The van der Waals surface area contributed by atoms with Crippen molar-refractivity contribution in [3.8, 4) is 11.4 Å². The lowest BCUT2D eigenvalue weighted by Crippen LogP contribution is -2.13. The lowest BCUT2D eigenvalue weighted by Gasteiger charge is -2.08. The molecule has 1 aliphatic rings. The molecule has 25 heavy (non-hydrogen) atoms. The van der Waals surface area contributed by atoms with E-state index in [1.165, 1.54) is 12.1 Å². The molecule has 6 nitrogen and oxygen atoms in total. The number of halogens is 2. The van der Waals surface area contributed by atoms with Crippen LogP contribution in [-0.2, 0) is 0 Å². The first kappa shape index (κ1) is 15.9. The highest BCUT2D eigenvalue weighted by atomic mass is 79.9. The van der Waals surface area contributed by atoms with Crippen molar-refractivity contribution >= 4 is 27.5 Å². The minimum Gasteiger partial charge on any atom is -0.322 e. The number of hydrogen-bond acceptors (Lipinski definition) is 4. The Morgan fingerprint density at radius 3 is 2.88 bits per heavy atom. The monoisotopic (exact) mass is 401 g/mol. The summed E-state index contributed by atoms with van der Waals surface area (Å²) >= 11 is 3.24. The molecule has 1 aromatic heterocycles. The second kappa shape index (κ2) is 6.36. The molecule has 0 aliphatic heterocycles. The third-order valence-corrected chi connectivity index (χ3v) is 4.43. The number of carbonyl (C=O) groups is 1. The summed E-state index contributed by atoms with van der Waals surface area (Å²) in [6.45, 7) is 0. The molecule has 2 aromatic carbocycles. The van der Waals surface area contributed by atoms with Gasteiger partial charge in [-0.05, 0) is 53.6 Å². The Morgan fingerprint density at radius 2 is 2.08 bits per heavy atom. The summed E-state index contributed by atoms with van der Waals surface area (Å²) in [5.74, 6) is -0.431. The van der Waals surface area contributed by atoms with E-state index in [1.807, 2.05) is 6.07 Å². The van der Waals surface area contributed by atoms with Gasteiger partial charge >= 0.3 is 0 Å². The number of rotatable bonds is 4. The Kier molecular flexibility index (Phi) is 4.04. The molecular formula is C17H13BrFN5O. The van der Waals surface area contributed by atoms with E-state index in [2.05, 4.69) is 36.8 Å². The smallest absolute Gasteiger partial charge is 0.258 e. The quantitative estimate of drug-likeness (QED) is 0.720. The molecule has 0 spiro atoms. The molecule has 0 radical (unpaired) electrons. The Balaban J connectivity index is 1.60. The van der Waals surface area contributed by atoms with Gasteiger partial charge in [0.25, 0.3) is 5.91 Å². The summed E-state index contributed by atoms with van der Waals surface area (Å²) in [6, 6.07) is 11.8. The van der Waals surface area contributed by atoms with E-state index in [9.17, 15) is 9.18 Å². The fraction of sp³-hybridized carbons (Fsp3) is 0.176. The van der Waals surface area contributed by atoms with Crippen LogP contribution in [0.1, 0.15) is 29.2 Å². The SMILES string of the molecule is O=C(Nc1cccc(-c2nnnn2C2CC2)c1)c1cc(Br)ccc1F. The number of benzene rings is 2. The summed E-state index contributed by atoms with van der Waals surface area (Å²) < 4.78 is 16.3. The molecule has 1 aliphatic carbocycles. The Labute approximate surface area is 151 Å². The van der Waals surface area contributed by atoms with Crippen LogP contribution in [0.4, 0.5) is 10.1 Å². The molecule has 0 unspecified atom stereocenters. The molecule has 1 saturated carbocycles. The number of carbonyl (C=O) groups excluding carboxylic acids is 1. The van der Waals surface area contributed by atoms with Gasteiger partial charge in [-0.3, -0.25) is 4.79 Å². The molecule has 4 rings (SSSR count). The zero-order valence-corrected chi connectivity index (χ0v) is 14.6. The van der Waals surface area contributed by atoms with E-state index < -0.39 is 11.7 Å². The highest BCUT2D eigenvalue weighted by Crippen LogP contribution is 2.36. The third-order valence-electron chi connectivity index (χ3n) is 3.94. The maximum absolute atomic E-state index is 13.9. The van der Waals surface area contributed by atoms with Gasteiger partial charge in [-0.15, -0.1) is 5.10 Å². The second-order valence-corrected chi connectivity index (χ2v) is 6.75. The number of anilines is 1. The van der Waals surface area contributed by atoms with Crippen LogP contribution < -0.4 is 5.32 Å². The van der Waals surface area contributed by atoms with Crippen molar-refractivity contribution in [2.45, 2.75) is 18.9 Å². The highest BCUT2D eigenvalue weighted by molar-refractivity contribution is 9.10.